The summed E-state index contributed by atoms with van der Waals surface area (Å²) in [6.45, 7) is -1.26. The fraction of sp³-hybridized carbons (Fsp3) is 1.00. The molecule has 2 saturated heterocycles. The third kappa shape index (κ3) is 3.65. The van der Waals surface area contributed by atoms with Gasteiger partial charge >= 0.3 is 0 Å². The van der Waals surface area contributed by atoms with Crippen LogP contribution in [0.2, 0.25) is 0 Å². The molecule has 0 aromatic heterocycles. The summed E-state index contributed by atoms with van der Waals surface area (Å²) in [7, 11) is 0. The zero-order valence-corrected chi connectivity index (χ0v) is 12.1. The Morgan fingerprint density at radius 3 is 1.96 bits per heavy atom. The molecule has 9 N–H and O–H groups in total. The van der Waals surface area contributed by atoms with E-state index >= 15 is 0 Å². The molecule has 0 radical (unpaired) electrons. The van der Waals surface area contributed by atoms with Gasteiger partial charge in [-0.2, -0.15) is 0 Å². The lowest BCUT2D eigenvalue weighted by Gasteiger charge is -2.45. The van der Waals surface area contributed by atoms with Gasteiger partial charge in [0, 0.05) is 0 Å². The molecule has 0 amide bonds. The normalized spacial score (nSPS) is 51.7. The summed E-state index contributed by atoms with van der Waals surface area (Å²) in [4.78, 5) is 0. The highest BCUT2D eigenvalue weighted by Gasteiger charge is 2.49. The first-order chi connectivity index (χ1) is 10.8. The molecule has 136 valence electrons. The second kappa shape index (κ2) is 7.63. The number of nitrogens with two attached hydrogens (primary N) is 1. The van der Waals surface area contributed by atoms with E-state index in [1.165, 1.54) is 0 Å². The fourth-order valence-corrected chi connectivity index (χ4v) is 2.60. The molecule has 0 aliphatic carbocycles. The summed E-state index contributed by atoms with van der Waals surface area (Å²) < 4.78 is 15.5. The predicted molar refractivity (Wildman–Crippen MR) is 70.6 cm³/mol. The molecule has 2 aliphatic heterocycles. The zero-order chi connectivity index (χ0) is 17.3. The van der Waals surface area contributed by atoms with E-state index in [4.69, 9.17) is 25.1 Å². The molecule has 2 rings (SSSR count). The standard InChI is InChI=1S/C12H23NO10/c13-5-7(17)10(4(2-15)21-11(5)20)23-12-9(19)8(18)6(16)3(1-14)22-12/h3-12,14-20H,1-2,13H2/t3-,4-,5-,6-,7-,8+,9-,10-,11-,12+/m1/s1. The van der Waals surface area contributed by atoms with Crippen LogP contribution >= 0.6 is 0 Å². The molecule has 23 heavy (non-hydrogen) atoms. The first-order valence-electron chi connectivity index (χ1n) is 7.15. The van der Waals surface area contributed by atoms with Crippen molar-refractivity contribution in [2.45, 2.75) is 61.3 Å². The lowest BCUT2D eigenvalue weighted by Crippen LogP contribution is -2.66. The van der Waals surface area contributed by atoms with Crippen LogP contribution in [0.5, 0.6) is 0 Å². The molecule has 0 bridgehead atoms. The summed E-state index contributed by atoms with van der Waals surface area (Å²) >= 11 is 0. The minimum absolute atomic E-state index is 0.622. The van der Waals surface area contributed by atoms with E-state index in [9.17, 15) is 30.6 Å². The van der Waals surface area contributed by atoms with Gasteiger partial charge in [0.05, 0.1) is 19.3 Å². The van der Waals surface area contributed by atoms with Crippen LogP contribution in [0.4, 0.5) is 0 Å². The Kier molecular flexibility index (Phi) is 6.27. The Labute approximate surface area is 131 Å². The van der Waals surface area contributed by atoms with Crippen LogP contribution in [0.3, 0.4) is 0 Å². The van der Waals surface area contributed by atoms with Crippen molar-refractivity contribution in [1.82, 2.24) is 0 Å². The average molecular weight is 341 g/mol. The second-order valence-corrected chi connectivity index (χ2v) is 5.61. The summed E-state index contributed by atoms with van der Waals surface area (Å²) in [6.07, 6.45) is -13.0. The van der Waals surface area contributed by atoms with E-state index in [0.29, 0.717) is 0 Å². The van der Waals surface area contributed by atoms with Crippen molar-refractivity contribution in [3.63, 3.8) is 0 Å². The topological polar surface area (TPSA) is 195 Å². The van der Waals surface area contributed by atoms with E-state index in [-0.39, 0.29) is 0 Å². The van der Waals surface area contributed by atoms with Crippen molar-refractivity contribution < 1.29 is 50.0 Å². The first kappa shape index (κ1) is 18.9. The van der Waals surface area contributed by atoms with Crippen molar-refractivity contribution in [2.24, 2.45) is 5.73 Å². The number of aliphatic hydroxyl groups is 7. The quantitative estimate of drug-likeness (QED) is 0.243. The van der Waals surface area contributed by atoms with Crippen molar-refractivity contribution in [3.05, 3.63) is 0 Å². The summed E-state index contributed by atoms with van der Waals surface area (Å²) in [6, 6.07) is -1.23. The van der Waals surface area contributed by atoms with Crippen LogP contribution in [0.15, 0.2) is 0 Å². The van der Waals surface area contributed by atoms with E-state index in [2.05, 4.69) is 0 Å². The highest BCUT2D eigenvalue weighted by Crippen LogP contribution is 2.27. The van der Waals surface area contributed by atoms with Crippen LogP contribution in [-0.4, -0.2) is 110 Å². The molecule has 0 aromatic carbocycles. The second-order valence-electron chi connectivity index (χ2n) is 5.61. The number of aliphatic hydroxyl groups excluding tert-OH is 7. The maximum absolute atomic E-state index is 10.1. The maximum atomic E-state index is 10.1. The van der Waals surface area contributed by atoms with E-state index in [0.717, 1.165) is 0 Å². The van der Waals surface area contributed by atoms with Crippen molar-refractivity contribution in [2.75, 3.05) is 13.2 Å². The van der Waals surface area contributed by atoms with Crippen LogP contribution in [0, 0.1) is 0 Å². The van der Waals surface area contributed by atoms with E-state index in [1.54, 1.807) is 0 Å². The van der Waals surface area contributed by atoms with E-state index < -0.39 is 74.6 Å². The van der Waals surface area contributed by atoms with Crippen LogP contribution in [0.25, 0.3) is 0 Å². The lowest BCUT2D eigenvalue weighted by molar-refractivity contribution is -0.344. The van der Waals surface area contributed by atoms with Crippen LogP contribution in [0.1, 0.15) is 0 Å². The highest BCUT2D eigenvalue weighted by molar-refractivity contribution is 4.94. The maximum Gasteiger partial charge on any atom is 0.187 e. The Morgan fingerprint density at radius 1 is 0.783 bits per heavy atom. The summed E-state index contributed by atoms with van der Waals surface area (Å²) in [5.74, 6) is 0. The molecule has 2 fully saturated rings. The highest BCUT2D eigenvalue weighted by atomic mass is 16.7. The number of ether oxygens (including phenoxy) is 3. The van der Waals surface area contributed by atoms with Gasteiger partial charge in [-0.15, -0.1) is 0 Å². The monoisotopic (exact) mass is 341 g/mol. The van der Waals surface area contributed by atoms with Gasteiger partial charge < -0.3 is 55.7 Å². The smallest absolute Gasteiger partial charge is 0.187 e. The minimum atomic E-state index is -1.68. The molecular formula is C12H23NO10. The molecule has 11 nitrogen and oxygen atoms in total. The largest absolute Gasteiger partial charge is 0.394 e. The number of rotatable bonds is 4. The molecule has 10 atom stereocenters. The molecule has 0 spiro atoms. The predicted octanol–water partition coefficient (Wildman–Crippen LogP) is -5.43. The molecule has 2 heterocycles. The van der Waals surface area contributed by atoms with E-state index in [1.807, 2.05) is 0 Å². The third-order valence-corrected chi connectivity index (χ3v) is 4.06. The Balaban J connectivity index is 2.11. The van der Waals surface area contributed by atoms with Gasteiger partial charge in [-0.1, -0.05) is 0 Å². The molecule has 0 aromatic rings. The van der Waals surface area contributed by atoms with Crippen LogP contribution < -0.4 is 5.73 Å². The summed E-state index contributed by atoms with van der Waals surface area (Å²) in [5, 5.41) is 67.3. The zero-order valence-electron chi connectivity index (χ0n) is 12.1. The van der Waals surface area contributed by atoms with Gasteiger partial charge in [-0.3, -0.25) is 0 Å². The van der Waals surface area contributed by atoms with Gasteiger partial charge in [0.1, 0.15) is 42.7 Å². The summed E-state index contributed by atoms with van der Waals surface area (Å²) in [5.41, 5.74) is 5.55. The lowest BCUT2D eigenvalue weighted by atomic mass is 9.96. The molecule has 0 unspecified atom stereocenters. The number of hydrogen-bond acceptors (Lipinski definition) is 11. The van der Waals surface area contributed by atoms with Crippen molar-refractivity contribution in [3.8, 4) is 0 Å². The van der Waals surface area contributed by atoms with Crippen molar-refractivity contribution >= 4 is 0 Å². The molecule has 0 saturated carbocycles. The Morgan fingerprint density at radius 2 is 1.39 bits per heavy atom. The molecule has 11 heteroatoms. The van der Waals surface area contributed by atoms with Gasteiger partial charge in [-0.05, 0) is 0 Å². The Bertz CT molecular complexity index is 383. The van der Waals surface area contributed by atoms with Crippen LogP contribution in [-0.2, 0) is 14.2 Å². The molecular weight excluding hydrogens is 318 g/mol. The van der Waals surface area contributed by atoms with Gasteiger partial charge in [0.2, 0.25) is 0 Å². The average Bonchev–Trinajstić information content (AvgIpc) is 2.55. The first-order valence-corrected chi connectivity index (χ1v) is 7.15. The minimum Gasteiger partial charge on any atom is -0.394 e. The fourth-order valence-electron chi connectivity index (χ4n) is 2.60. The van der Waals surface area contributed by atoms with Gasteiger partial charge in [-0.25, -0.2) is 0 Å². The third-order valence-electron chi connectivity index (χ3n) is 4.06. The van der Waals surface area contributed by atoms with Crippen molar-refractivity contribution in [1.29, 1.82) is 0 Å². The van der Waals surface area contributed by atoms with Gasteiger partial charge in [0.15, 0.2) is 12.6 Å². The Hall–Kier alpha value is -0.440. The number of hydrogen-bond donors (Lipinski definition) is 8. The van der Waals surface area contributed by atoms with Gasteiger partial charge in [0.25, 0.3) is 0 Å². The SMILES string of the molecule is N[C@@H]1[C@@H](O)[C@H](O[C@@H]2O[C@H](CO)[C@@H](O)[C@H](O)[C@H]2O)[C@@H](CO)O[C@H]1O. The molecule has 2 aliphatic rings.